The predicted molar refractivity (Wildman–Crippen MR) is 151 cm³/mol. The van der Waals surface area contributed by atoms with Crippen molar-refractivity contribution in [1.82, 2.24) is 14.9 Å². The summed E-state index contributed by atoms with van der Waals surface area (Å²) in [7, 11) is 2.93. The second-order valence-electron chi connectivity index (χ2n) is 10.2. The molecule has 0 aliphatic carbocycles. The standard InChI is InChI=1S/C16H17N3O2S.C11H19NO4.H2/c1-9(2)17-16-19-14(8-22-16)13-7-15(20)11-5-4-10(21-3)6-12(11)18-13;1-11(2,3)16-10(14)12-7-5-6-8(12)9(13)15-4;/h4-9H,1-3H3,(H,17,19)(H,18,20);8H,5-7H2,1-4H3;1H/t;8-;/m.0./s1. The van der Waals surface area contributed by atoms with Gasteiger partial charge >= 0.3 is 12.1 Å². The molecule has 2 aromatic heterocycles. The number of hydrogen-bond acceptors (Lipinski definition) is 9. The van der Waals surface area contributed by atoms with Crippen LogP contribution in [0.1, 0.15) is 48.9 Å². The van der Waals surface area contributed by atoms with Crippen LogP contribution in [-0.2, 0) is 14.3 Å². The minimum Gasteiger partial charge on any atom is -0.497 e. The van der Waals surface area contributed by atoms with Crippen LogP contribution in [0.4, 0.5) is 9.93 Å². The highest BCUT2D eigenvalue weighted by Gasteiger charge is 2.37. The highest BCUT2D eigenvalue weighted by atomic mass is 32.1. The average molecular weight is 547 g/mol. The third-order valence-corrected chi connectivity index (χ3v) is 6.36. The monoisotopic (exact) mass is 546 g/mol. The Balaban J connectivity index is 0.000000281. The van der Waals surface area contributed by atoms with E-state index < -0.39 is 17.7 Å². The Morgan fingerprint density at radius 1 is 1.24 bits per heavy atom. The van der Waals surface area contributed by atoms with Crippen LogP contribution in [0, 0.1) is 0 Å². The van der Waals surface area contributed by atoms with Crippen molar-refractivity contribution in [2.75, 3.05) is 26.1 Å². The number of anilines is 1. The second kappa shape index (κ2) is 12.3. The minimum absolute atomic E-state index is 0. The normalized spacial score (nSPS) is 15.2. The van der Waals surface area contributed by atoms with E-state index in [9.17, 15) is 14.4 Å². The SMILES string of the molecule is COC(=O)[C@@H]1CCCN1C(=O)OC(C)(C)C.COc1ccc2c(=O)cc(-c3csc(NC(C)C)n3)[nH]c2c1.[HH]. The third kappa shape index (κ3) is 7.47. The summed E-state index contributed by atoms with van der Waals surface area (Å²) in [5.74, 6) is 0.337. The number of aromatic nitrogens is 2. The second-order valence-corrected chi connectivity index (χ2v) is 11.0. The number of benzene rings is 1. The average Bonchev–Trinajstić information content (AvgIpc) is 3.52. The first kappa shape index (κ1) is 29.0. The fraction of sp³-hybridized carbons (Fsp3) is 0.481. The summed E-state index contributed by atoms with van der Waals surface area (Å²) in [6.07, 6.45) is 1.01. The first-order valence-electron chi connectivity index (χ1n) is 12.4. The lowest BCUT2D eigenvalue weighted by Crippen LogP contribution is -2.43. The molecule has 0 radical (unpaired) electrons. The van der Waals surface area contributed by atoms with Gasteiger partial charge in [0.15, 0.2) is 10.6 Å². The van der Waals surface area contributed by atoms with Gasteiger partial charge in [0.25, 0.3) is 0 Å². The first-order valence-corrected chi connectivity index (χ1v) is 13.3. The lowest BCUT2D eigenvalue weighted by molar-refractivity contribution is -0.145. The molecule has 2 N–H and O–H groups in total. The molecule has 0 bridgehead atoms. The lowest BCUT2D eigenvalue weighted by atomic mass is 10.1. The van der Waals surface area contributed by atoms with Gasteiger partial charge in [0.1, 0.15) is 17.4 Å². The fourth-order valence-electron chi connectivity index (χ4n) is 3.89. The summed E-state index contributed by atoms with van der Waals surface area (Å²) < 4.78 is 15.1. The number of hydrogen-bond donors (Lipinski definition) is 2. The van der Waals surface area contributed by atoms with Crippen LogP contribution in [-0.4, -0.2) is 65.4 Å². The quantitative estimate of drug-likeness (QED) is 0.414. The zero-order valence-corrected chi connectivity index (χ0v) is 23.7. The van der Waals surface area contributed by atoms with E-state index in [1.165, 1.54) is 23.3 Å². The van der Waals surface area contributed by atoms with Crippen molar-refractivity contribution in [1.29, 1.82) is 0 Å². The molecule has 1 aliphatic heterocycles. The summed E-state index contributed by atoms with van der Waals surface area (Å²) in [5.41, 5.74) is 1.64. The van der Waals surface area contributed by atoms with Crippen LogP contribution in [0.2, 0.25) is 0 Å². The van der Waals surface area contributed by atoms with E-state index in [4.69, 9.17) is 9.47 Å². The van der Waals surface area contributed by atoms with Gasteiger partial charge in [-0.2, -0.15) is 0 Å². The minimum atomic E-state index is -0.541. The number of aromatic amines is 1. The molecule has 0 spiro atoms. The number of amides is 1. The Bertz CT molecular complexity index is 1330. The molecule has 0 saturated carbocycles. The van der Waals surface area contributed by atoms with Gasteiger partial charge in [-0.3, -0.25) is 9.69 Å². The molecule has 1 aromatic carbocycles. The highest BCUT2D eigenvalue weighted by molar-refractivity contribution is 7.14. The van der Waals surface area contributed by atoms with E-state index in [-0.39, 0.29) is 12.8 Å². The maximum Gasteiger partial charge on any atom is 0.411 e. The van der Waals surface area contributed by atoms with Crippen molar-refractivity contribution >= 4 is 39.4 Å². The number of ether oxygens (including phenoxy) is 3. The van der Waals surface area contributed by atoms with E-state index in [0.29, 0.717) is 35.8 Å². The van der Waals surface area contributed by atoms with Crippen molar-refractivity contribution in [2.24, 2.45) is 0 Å². The highest BCUT2D eigenvalue weighted by Crippen LogP contribution is 2.26. The number of rotatable bonds is 5. The number of nitrogens with one attached hydrogen (secondary N) is 2. The number of esters is 1. The zero-order valence-electron chi connectivity index (χ0n) is 22.9. The van der Waals surface area contributed by atoms with Gasteiger partial charge in [-0.1, -0.05) is 0 Å². The van der Waals surface area contributed by atoms with Crippen LogP contribution in [0.3, 0.4) is 0 Å². The van der Waals surface area contributed by atoms with E-state index >= 15 is 0 Å². The Hall–Kier alpha value is -3.60. The van der Waals surface area contributed by atoms with Crippen LogP contribution < -0.4 is 15.5 Å². The summed E-state index contributed by atoms with van der Waals surface area (Å²) in [6.45, 7) is 10.1. The summed E-state index contributed by atoms with van der Waals surface area (Å²) in [6, 6.07) is 6.79. The lowest BCUT2D eigenvalue weighted by Gasteiger charge is -2.27. The van der Waals surface area contributed by atoms with Gasteiger partial charge < -0.3 is 24.5 Å². The molecule has 11 heteroatoms. The molecule has 1 atom stereocenters. The molecule has 1 aliphatic rings. The largest absolute Gasteiger partial charge is 0.497 e. The summed E-state index contributed by atoms with van der Waals surface area (Å²) in [4.78, 5) is 44.7. The van der Waals surface area contributed by atoms with Gasteiger partial charge in [-0.15, -0.1) is 11.3 Å². The van der Waals surface area contributed by atoms with Crippen molar-refractivity contribution in [2.45, 2.75) is 65.1 Å². The molecule has 3 aromatic rings. The number of fused-ring (bicyclic) bond motifs is 1. The van der Waals surface area contributed by atoms with E-state index in [2.05, 4.69) is 33.9 Å². The molecular formula is C27H38N4O6S. The number of carbonyl (C=O) groups excluding carboxylic acids is 2. The van der Waals surface area contributed by atoms with E-state index in [1.807, 2.05) is 11.4 Å². The van der Waals surface area contributed by atoms with Gasteiger partial charge in [-0.05, 0) is 59.6 Å². The molecule has 10 nitrogen and oxygen atoms in total. The molecule has 4 rings (SSSR count). The summed E-state index contributed by atoms with van der Waals surface area (Å²) >= 11 is 1.52. The van der Waals surface area contributed by atoms with E-state index in [1.54, 1.807) is 46.1 Å². The van der Waals surface area contributed by atoms with Crippen molar-refractivity contribution in [3.05, 3.63) is 39.9 Å². The number of likely N-dealkylation sites (tertiary alicyclic amines) is 1. The van der Waals surface area contributed by atoms with Crippen molar-refractivity contribution < 1.29 is 25.2 Å². The van der Waals surface area contributed by atoms with Gasteiger partial charge in [0.05, 0.1) is 31.1 Å². The van der Waals surface area contributed by atoms with Crippen LogP contribution in [0.5, 0.6) is 5.75 Å². The molecule has 0 unspecified atom stereocenters. The fourth-order valence-corrected chi connectivity index (χ4v) is 4.75. The number of nitrogens with zero attached hydrogens (tertiary/aromatic N) is 2. The smallest absolute Gasteiger partial charge is 0.411 e. The number of methoxy groups -OCH3 is 2. The molecule has 208 valence electrons. The Morgan fingerprint density at radius 2 is 1.97 bits per heavy atom. The maximum absolute atomic E-state index is 12.3. The predicted octanol–water partition coefficient (Wildman–Crippen LogP) is 5.29. The van der Waals surface area contributed by atoms with Crippen LogP contribution in [0.15, 0.2) is 34.4 Å². The molecule has 1 saturated heterocycles. The Labute approximate surface area is 227 Å². The topological polar surface area (TPSA) is 123 Å². The number of thiazole rings is 1. The van der Waals surface area contributed by atoms with E-state index in [0.717, 1.165) is 22.8 Å². The Kier molecular flexibility index (Phi) is 9.37. The Morgan fingerprint density at radius 3 is 2.61 bits per heavy atom. The van der Waals surface area contributed by atoms with Crippen molar-refractivity contribution in [3.8, 4) is 17.1 Å². The van der Waals surface area contributed by atoms with Gasteiger partial charge in [-0.25, -0.2) is 14.6 Å². The molecule has 1 amide bonds. The van der Waals surface area contributed by atoms with Crippen LogP contribution in [0.25, 0.3) is 22.3 Å². The molecule has 38 heavy (non-hydrogen) atoms. The maximum atomic E-state index is 12.3. The third-order valence-electron chi connectivity index (χ3n) is 5.58. The van der Waals surface area contributed by atoms with Gasteiger partial charge in [0, 0.05) is 36.9 Å². The molecule has 1 fully saturated rings. The van der Waals surface area contributed by atoms with Crippen LogP contribution >= 0.6 is 11.3 Å². The molecule has 3 heterocycles. The van der Waals surface area contributed by atoms with Crippen molar-refractivity contribution in [3.63, 3.8) is 0 Å². The summed E-state index contributed by atoms with van der Waals surface area (Å²) in [5, 5.41) is 6.68. The number of carbonyl (C=O) groups is 2. The first-order chi connectivity index (χ1) is 17.9. The molecular weight excluding hydrogens is 508 g/mol. The number of pyridine rings is 1. The number of H-pyrrole nitrogens is 1. The zero-order chi connectivity index (χ0) is 28.0. The van der Waals surface area contributed by atoms with Gasteiger partial charge in [0.2, 0.25) is 0 Å².